The number of benzene rings is 1. The summed E-state index contributed by atoms with van der Waals surface area (Å²) in [6.07, 6.45) is 0. The van der Waals surface area contributed by atoms with E-state index < -0.39 is 6.67 Å². The van der Waals surface area contributed by atoms with Gasteiger partial charge in [0.1, 0.15) is 6.67 Å². The average molecular weight is 149 g/mol. The molecule has 1 aliphatic rings. The Hall–Kier alpha value is -1.38. The molecule has 0 amide bonds. The van der Waals surface area contributed by atoms with Crippen molar-refractivity contribution in [3.63, 3.8) is 0 Å². The summed E-state index contributed by atoms with van der Waals surface area (Å²) in [6, 6.07) is 7.36. The van der Waals surface area contributed by atoms with Gasteiger partial charge in [-0.15, -0.1) is 0 Å². The van der Waals surface area contributed by atoms with Gasteiger partial charge in [-0.3, -0.25) is 0 Å². The van der Waals surface area contributed by atoms with Gasteiger partial charge >= 0.3 is 0 Å². The summed E-state index contributed by atoms with van der Waals surface area (Å²) in [6.45, 7) is -0.589. The fourth-order valence-corrected chi connectivity index (χ4v) is 1.02. The first kappa shape index (κ1) is 6.34. The molecule has 0 atom stereocenters. The van der Waals surface area contributed by atoms with Crippen LogP contribution in [0.4, 0.5) is 15.8 Å². The number of amidine groups is 1. The molecule has 55 valence electrons. The van der Waals surface area contributed by atoms with Gasteiger partial charge in [-0.2, -0.15) is 0 Å². The Morgan fingerprint density at radius 3 is 2.55 bits per heavy atom. The zero-order valence-corrected chi connectivity index (χ0v) is 5.79. The topological polar surface area (TPSA) is 26.5 Å². The zero-order valence-electron chi connectivity index (χ0n) is 5.79. The first-order chi connectivity index (χ1) is 5.40. The molecule has 0 N–H and O–H groups in total. The van der Waals surface area contributed by atoms with Crippen molar-refractivity contribution in [1.29, 1.82) is 0 Å². The number of fused-ring (bicyclic) bond motifs is 1. The molecular formula is C8H6FN2. The van der Waals surface area contributed by atoms with Gasteiger partial charge in [0.2, 0.25) is 0 Å². The molecule has 2 nitrogen and oxygen atoms in total. The third kappa shape index (κ3) is 0.981. The first-order valence-electron chi connectivity index (χ1n) is 3.34. The molecule has 0 spiro atoms. The second-order valence-corrected chi connectivity index (χ2v) is 2.26. The molecule has 11 heavy (non-hydrogen) atoms. The van der Waals surface area contributed by atoms with Crippen LogP contribution in [0.25, 0.3) is 0 Å². The molecule has 0 bridgehead atoms. The zero-order chi connectivity index (χ0) is 7.68. The predicted molar refractivity (Wildman–Crippen MR) is 41.3 cm³/mol. The van der Waals surface area contributed by atoms with Gasteiger partial charge in [0.05, 0.1) is 11.4 Å². The molecule has 1 radical (unpaired) electrons. The number of hydrogen-bond acceptors (Lipinski definition) is 1. The highest BCUT2D eigenvalue weighted by Crippen LogP contribution is 2.29. The number of nitrogens with zero attached hydrogens (tertiary/aromatic N) is 2. The maximum Gasteiger partial charge on any atom is 0.160 e. The highest BCUT2D eigenvalue weighted by atomic mass is 19.1. The standard InChI is InChI=1S/C8H6FN2/c9-5-8-10-6-3-1-2-4-7(6)11-8/h1-4H,5H2. The summed E-state index contributed by atoms with van der Waals surface area (Å²) in [5.41, 5.74) is 1.53. The van der Waals surface area contributed by atoms with Crippen LogP contribution in [0.5, 0.6) is 0 Å². The van der Waals surface area contributed by atoms with Crippen molar-refractivity contribution in [3.05, 3.63) is 24.3 Å². The van der Waals surface area contributed by atoms with Crippen molar-refractivity contribution in [2.45, 2.75) is 0 Å². The van der Waals surface area contributed by atoms with Crippen LogP contribution in [0.15, 0.2) is 29.3 Å². The van der Waals surface area contributed by atoms with Gasteiger partial charge in [-0.05, 0) is 12.1 Å². The normalized spacial score (nSPS) is 13.7. The summed E-state index contributed by atoms with van der Waals surface area (Å²) in [5.74, 6) is 0.270. The van der Waals surface area contributed by atoms with E-state index in [1.165, 1.54) is 0 Å². The molecule has 0 aromatic heterocycles. The van der Waals surface area contributed by atoms with Crippen LogP contribution in [-0.2, 0) is 0 Å². The van der Waals surface area contributed by atoms with Crippen molar-refractivity contribution < 1.29 is 4.39 Å². The van der Waals surface area contributed by atoms with Crippen LogP contribution in [-0.4, -0.2) is 12.5 Å². The monoisotopic (exact) mass is 149 g/mol. The van der Waals surface area contributed by atoms with Gasteiger partial charge < -0.3 is 0 Å². The molecule has 2 rings (SSSR count). The fraction of sp³-hybridized carbons (Fsp3) is 0.125. The fourth-order valence-electron chi connectivity index (χ4n) is 1.02. The lowest BCUT2D eigenvalue weighted by atomic mass is 10.3. The van der Waals surface area contributed by atoms with Crippen LogP contribution >= 0.6 is 0 Å². The Morgan fingerprint density at radius 1 is 1.18 bits per heavy atom. The minimum absolute atomic E-state index is 0.270. The molecular weight excluding hydrogens is 143 g/mol. The van der Waals surface area contributed by atoms with Crippen molar-refractivity contribution in [3.8, 4) is 0 Å². The van der Waals surface area contributed by atoms with E-state index >= 15 is 0 Å². The number of halogens is 1. The molecule has 0 unspecified atom stereocenters. The maximum absolute atomic E-state index is 12.0. The van der Waals surface area contributed by atoms with Crippen LogP contribution in [0.3, 0.4) is 0 Å². The molecule has 1 aliphatic heterocycles. The summed E-state index contributed by atoms with van der Waals surface area (Å²) in [5, 5.41) is 3.95. The second kappa shape index (κ2) is 2.34. The van der Waals surface area contributed by atoms with E-state index in [0.29, 0.717) is 0 Å². The lowest BCUT2D eigenvalue weighted by Gasteiger charge is -1.92. The highest BCUT2D eigenvalue weighted by molar-refractivity contribution is 5.96. The van der Waals surface area contributed by atoms with Crippen molar-refractivity contribution >= 4 is 17.2 Å². The van der Waals surface area contributed by atoms with Gasteiger partial charge in [-0.1, -0.05) is 12.1 Å². The third-order valence-electron chi connectivity index (χ3n) is 1.50. The van der Waals surface area contributed by atoms with Crippen LogP contribution in [0, 0.1) is 0 Å². The van der Waals surface area contributed by atoms with E-state index in [4.69, 9.17) is 0 Å². The molecule has 1 heterocycles. The number of para-hydroxylation sites is 2. The van der Waals surface area contributed by atoms with Crippen molar-refractivity contribution in [2.24, 2.45) is 4.99 Å². The van der Waals surface area contributed by atoms with Gasteiger partial charge in [0.15, 0.2) is 5.84 Å². The number of rotatable bonds is 1. The van der Waals surface area contributed by atoms with Crippen LogP contribution in [0.2, 0.25) is 0 Å². The van der Waals surface area contributed by atoms with E-state index in [0.717, 1.165) is 11.4 Å². The largest absolute Gasteiger partial charge is 0.242 e. The highest BCUT2D eigenvalue weighted by Gasteiger charge is 2.13. The SMILES string of the molecule is FCC1=Nc2ccccc2[N]1. The second-order valence-electron chi connectivity index (χ2n) is 2.26. The van der Waals surface area contributed by atoms with E-state index in [-0.39, 0.29) is 5.84 Å². The van der Waals surface area contributed by atoms with E-state index in [1.54, 1.807) is 0 Å². The molecule has 3 heteroatoms. The number of hydrogen-bond donors (Lipinski definition) is 0. The molecule has 0 aliphatic carbocycles. The van der Waals surface area contributed by atoms with Gasteiger partial charge in [0.25, 0.3) is 0 Å². The number of alkyl halides is 1. The molecule has 0 fully saturated rings. The van der Waals surface area contributed by atoms with Crippen molar-refractivity contribution in [1.82, 2.24) is 5.32 Å². The lowest BCUT2D eigenvalue weighted by Crippen LogP contribution is -2.07. The Morgan fingerprint density at radius 2 is 1.91 bits per heavy atom. The maximum atomic E-state index is 12.0. The molecule has 0 saturated heterocycles. The molecule has 1 aromatic rings. The Balaban J connectivity index is 2.39. The Bertz CT molecular complexity index is 307. The summed E-state index contributed by atoms with van der Waals surface area (Å²) >= 11 is 0. The smallest absolute Gasteiger partial charge is 0.160 e. The number of aliphatic imine (C=N–C) groups is 1. The minimum Gasteiger partial charge on any atom is -0.242 e. The van der Waals surface area contributed by atoms with E-state index in [9.17, 15) is 4.39 Å². The minimum atomic E-state index is -0.589. The van der Waals surface area contributed by atoms with Crippen molar-refractivity contribution in [2.75, 3.05) is 6.67 Å². The van der Waals surface area contributed by atoms with E-state index in [1.807, 2.05) is 24.3 Å². The van der Waals surface area contributed by atoms with Crippen LogP contribution < -0.4 is 5.32 Å². The van der Waals surface area contributed by atoms with E-state index in [2.05, 4.69) is 10.3 Å². The molecule has 1 aromatic carbocycles. The molecule has 0 saturated carbocycles. The lowest BCUT2D eigenvalue weighted by molar-refractivity contribution is 0.576. The summed E-state index contributed by atoms with van der Waals surface area (Å²) < 4.78 is 12.0. The Kier molecular flexibility index (Phi) is 1.35. The first-order valence-corrected chi connectivity index (χ1v) is 3.34. The van der Waals surface area contributed by atoms with Gasteiger partial charge in [0, 0.05) is 0 Å². The Labute approximate surface area is 63.8 Å². The predicted octanol–water partition coefficient (Wildman–Crippen LogP) is 1.94. The average Bonchev–Trinajstić information content (AvgIpc) is 2.46. The quantitative estimate of drug-likeness (QED) is 0.583. The third-order valence-corrected chi connectivity index (χ3v) is 1.50. The summed E-state index contributed by atoms with van der Waals surface area (Å²) in [4.78, 5) is 3.95. The summed E-state index contributed by atoms with van der Waals surface area (Å²) in [7, 11) is 0. The van der Waals surface area contributed by atoms with Gasteiger partial charge in [-0.25, -0.2) is 14.7 Å². The van der Waals surface area contributed by atoms with Crippen LogP contribution in [0.1, 0.15) is 0 Å².